The third kappa shape index (κ3) is 4.59. The number of aliphatic hydroxyl groups is 1. The molecule has 2 fully saturated rings. The quantitative estimate of drug-likeness (QED) is 0.844. The summed E-state index contributed by atoms with van der Waals surface area (Å²) in [5, 5.41) is 15.4. The van der Waals surface area contributed by atoms with Gasteiger partial charge in [0.1, 0.15) is 0 Å². The summed E-state index contributed by atoms with van der Waals surface area (Å²) < 4.78 is 0. The predicted molar refractivity (Wildman–Crippen MR) is 106 cm³/mol. The zero-order valence-corrected chi connectivity index (χ0v) is 17.1. The first-order chi connectivity index (χ1) is 12.4. The Morgan fingerprint density at radius 3 is 2.69 bits per heavy atom. The van der Waals surface area contributed by atoms with E-state index in [0.29, 0.717) is 26.1 Å². The van der Waals surface area contributed by atoms with Gasteiger partial charge in [0.15, 0.2) is 0 Å². The first-order valence-electron chi connectivity index (χ1n) is 9.85. The van der Waals surface area contributed by atoms with Crippen molar-refractivity contribution >= 4 is 17.4 Å². The molecular formula is C20H33N3O2S. The van der Waals surface area contributed by atoms with E-state index in [1.807, 2.05) is 18.7 Å². The maximum atomic E-state index is 12.7. The molecule has 0 aromatic carbocycles. The minimum absolute atomic E-state index is 0.00286. The van der Waals surface area contributed by atoms with Crippen molar-refractivity contribution in [2.75, 3.05) is 32.7 Å². The van der Waals surface area contributed by atoms with Gasteiger partial charge in [0.25, 0.3) is 0 Å². The summed E-state index contributed by atoms with van der Waals surface area (Å²) in [7, 11) is 0. The molecule has 0 bridgehead atoms. The van der Waals surface area contributed by atoms with Crippen LogP contribution in [0.5, 0.6) is 0 Å². The highest BCUT2D eigenvalue weighted by Gasteiger charge is 2.36. The van der Waals surface area contributed by atoms with Crippen molar-refractivity contribution in [1.82, 2.24) is 15.1 Å². The van der Waals surface area contributed by atoms with Crippen LogP contribution in [-0.4, -0.2) is 59.8 Å². The van der Waals surface area contributed by atoms with Crippen LogP contribution in [0.25, 0.3) is 0 Å². The summed E-state index contributed by atoms with van der Waals surface area (Å²) in [5.74, 6) is 0.798. The fraction of sp³-hybridized carbons (Fsp3) is 0.750. The summed E-state index contributed by atoms with van der Waals surface area (Å²) in [4.78, 5) is 18.4. The van der Waals surface area contributed by atoms with Gasteiger partial charge in [-0.2, -0.15) is 0 Å². The standard InChI is InChI=1S/C20H33N3O2S/c1-15-6-9-22(10-7-15)16(17-5-4-12-26-17)13-21-19(25)23-11-8-18(24)20(2,3)14-23/h4-5,12,15-16,18,24H,6-11,13-14H2,1-3H3,(H,21,25). The summed E-state index contributed by atoms with van der Waals surface area (Å²) >= 11 is 1.77. The zero-order valence-electron chi connectivity index (χ0n) is 16.3. The number of hydrogen-bond acceptors (Lipinski definition) is 4. The molecule has 1 aromatic rings. The van der Waals surface area contributed by atoms with Crippen LogP contribution in [0.2, 0.25) is 0 Å². The Balaban J connectivity index is 1.60. The highest BCUT2D eigenvalue weighted by molar-refractivity contribution is 7.10. The number of rotatable bonds is 4. The number of thiophene rings is 1. The van der Waals surface area contributed by atoms with Crippen LogP contribution in [0.1, 0.15) is 51.0 Å². The van der Waals surface area contributed by atoms with Gasteiger partial charge in [-0.25, -0.2) is 4.79 Å². The van der Waals surface area contributed by atoms with Gasteiger partial charge in [-0.1, -0.05) is 26.8 Å². The average molecular weight is 380 g/mol. The lowest BCUT2D eigenvalue weighted by atomic mass is 9.81. The molecule has 2 unspecified atom stereocenters. The third-order valence-corrected chi connectivity index (χ3v) is 7.01. The van der Waals surface area contributed by atoms with Gasteiger partial charge in [-0.15, -0.1) is 11.3 Å². The van der Waals surface area contributed by atoms with E-state index >= 15 is 0 Å². The molecule has 0 radical (unpaired) electrons. The highest BCUT2D eigenvalue weighted by atomic mass is 32.1. The lowest BCUT2D eigenvalue weighted by Gasteiger charge is -2.42. The van der Waals surface area contributed by atoms with Crippen LogP contribution < -0.4 is 5.32 Å². The van der Waals surface area contributed by atoms with Gasteiger partial charge < -0.3 is 15.3 Å². The Hall–Kier alpha value is -1.11. The molecule has 2 N–H and O–H groups in total. The molecule has 2 atom stereocenters. The molecule has 26 heavy (non-hydrogen) atoms. The van der Waals surface area contributed by atoms with Crippen LogP contribution in [0.15, 0.2) is 17.5 Å². The van der Waals surface area contributed by atoms with Crippen molar-refractivity contribution in [3.8, 4) is 0 Å². The normalized spacial score (nSPS) is 25.8. The number of amides is 2. The molecule has 1 aromatic heterocycles. The molecule has 0 aliphatic carbocycles. The number of nitrogens with zero attached hydrogens (tertiary/aromatic N) is 2. The number of carbonyl (C=O) groups is 1. The van der Waals surface area contributed by atoms with Crippen LogP contribution in [0.3, 0.4) is 0 Å². The summed E-state index contributed by atoms with van der Waals surface area (Å²) in [6.45, 7) is 10.5. The minimum atomic E-state index is -0.333. The molecule has 5 nitrogen and oxygen atoms in total. The van der Waals surface area contributed by atoms with Gasteiger partial charge in [0.2, 0.25) is 0 Å². The maximum absolute atomic E-state index is 12.7. The van der Waals surface area contributed by atoms with Crippen molar-refractivity contribution in [3.05, 3.63) is 22.4 Å². The Labute approximate surface area is 161 Å². The van der Waals surface area contributed by atoms with Crippen molar-refractivity contribution in [3.63, 3.8) is 0 Å². The van der Waals surface area contributed by atoms with Crippen LogP contribution in [0, 0.1) is 11.3 Å². The Bertz CT molecular complexity index is 582. The van der Waals surface area contributed by atoms with E-state index in [4.69, 9.17) is 0 Å². The molecule has 6 heteroatoms. The fourth-order valence-corrected chi connectivity index (χ4v) is 4.91. The zero-order chi connectivity index (χ0) is 18.7. The molecule has 2 aliphatic heterocycles. The Morgan fingerprint density at radius 2 is 2.08 bits per heavy atom. The number of carbonyl (C=O) groups excluding carboxylic acids is 1. The molecule has 2 aliphatic rings. The van der Waals surface area contributed by atoms with E-state index in [9.17, 15) is 9.90 Å². The summed E-state index contributed by atoms with van der Waals surface area (Å²) in [6.07, 6.45) is 2.78. The number of aliphatic hydroxyl groups excluding tert-OH is 1. The number of urea groups is 1. The van der Waals surface area contributed by atoms with Crippen LogP contribution in [0.4, 0.5) is 4.79 Å². The van der Waals surface area contributed by atoms with E-state index in [0.717, 1.165) is 19.0 Å². The van der Waals surface area contributed by atoms with E-state index < -0.39 is 0 Å². The van der Waals surface area contributed by atoms with E-state index in [-0.39, 0.29) is 23.6 Å². The monoisotopic (exact) mass is 379 g/mol. The molecule has 2 saturated heterocycles. The molecule has 2 amide bonds. The lowest BCUT2D eigenvalue weighted by Crippen LogP contribution is -2.54. The first-order valence-corrected chi connectivity index (χ1v) is 10.7. The third-order valence-electron chi connectivity index (χ3n) is 6.04. The van der Waals surface area contributed by atoms with Crippen LogP contribution >= 0.6 is 11.3 Å². The van der Waals surface area contributed by atoms with E-state index in [1.54, 1.807) is 11.3 Å². The molecule has 3 rings (SSSR count). The van der Waals surface area contributed by atoms with Gasteiger partial charge in [-0.3, -0.25) is 4.90 Å². The van der Waals surface area contributed by atoms with Crippen LogP contribution in [-0.2, 0) is 0 Å². The Morgan fingerprint density at radius 1 is 1.35 bits per heavy atom. The van der Waals surface area contributed by atoms with Gasteiger partial charge in [0, 0.05) is 29.9 Å². The second-order valence-corrected chi connectivity index (χ2v) is 9.63. The highest BCUT2D eigenvalue weighted by Crippen LogP contribution is 2.30. The van der Waals surface area contributed by atoms with Gasteiger partial charge in [0.05, 0.1) is 12.1 Å². The number of piperidine rings is 2. The SMILES string of the molecule is CC1CCN(C(CNC(=O)N2CCC(O)C(C)(C)C2)c2cccs2)CC1. The fourth-order valence-electron chi connectivity index (χ4n) is 4.05. The average Bonchev–Trinajstić information content (AvgIpc) is 3.13. The molecular weight excluding hydrogens is 346 g/mol. The number of hydrogen-bond donors (Lipinski definition) is 2. The Kier molecular flexibility index (Phi) is 6.25. The van der Waals surface area contributed by atoms with E-state index in [2.05, 4.69) is 34.7 Å². The largest absolute Gasteiger partial charge is 0.392 e. The summed E-state index contributed by atoms with van der Waals surface area (Å²) in [6, 6.07) is 4.53. The summed E-state index contributed by atoms with van der Waals surface area (Å²) in [5.41, 5.74) is -0.244. The minimum Gasteiger partial charge on any atom is -0.392 e. The number of likely N-dealkylation sites (tertiary alicyclic amines) is 2. The van der Waals surface area contributed by atoms with Crippen molar-refractivity contribution in [2.45, 2.75) is 52.2 Å². The van der Waals surface area contributed by atoms with Gasteiger partial charge in [-0.05, 0) is 49.7 Å². The predicted octanol–water partition coefficient (Wildman–Crippen LogP) is 3.32. The maximum Gasteiger partial charge on any atom is 0.317 e. The first kappa shape index (κ1) is 19.6. The van der Waals surface area contributed by atoms with E-state index in [1.165, 1.54) is 17.7 Å². The second kappa shape index (κ2) is 8.28. The molecule has 0 saturated carbocycles. The topological polar surface area (TPSA) is 55.8 Å². The van der Waals surface area contributed by atoms with Crippen molar-refractivity contribution < 1.29 is 9.90 Å². The van der Waals surface area contributed by atoms with Crippen molar-refractivity contribution in [1.29, 1.82) is 0 Å². The second-order valence-electron chi connectivity index (χ2n) is 8.65. The molecule has 146 valence electrons. The lowest BCUT2D eigenvalue weighted by molar-refractivity contribution is -0.0116. The molecule has 3 heterocycles. The van der Waals surface area contributed by atoms with Crippen molar-refractivity contribution in [2.24, 2.45) is 11.3 Å². The molecule has 0 spiro atoms. The smallest absolute Gasteiger partial charge is 0.317 e. The number of nitrogens with one attached hydrogen (secondary N) is 1. The van der Waals surface area contributed by atoms with Gasteiger partial charge >= 0.3 is 6.03 Å².